The first kappa shape index (κ1) is 11.9. The predicted octanol–water partition coefficient (Wildman–Crippen LogP) is 2.75. The number of halogens is 1. The first-order chi connectivity index (χ1) is 7.83. The molecular weight excluding hydrogens is 272 g/mol. The molecule has 0 aromatic heterocycles. The van der Waals surface area contributed by atoms with Crippen molar-refractivity contribution in [3.05, 3.63) is 29.8 Å². The van der Waals surface area contributed by atoms with E-state index in [0.29, 0.717) is 5.92 Å². The molecule has 0 saturated carbocycles. The standard InChI is InChI=1S/C12H15BrO3/c1-14-11-4-2-10(3-5-11)12-15-7-9(6-13)8-16-12/h2-5,9,12H,6-8H2,1H3. The molecule has 0 atom stereocenters. The van der Waals surface area contributed by atoms with Gasteiger partial charge in [0.15, 0.2) is 6.29 Å². The normalized spacial score (nSPS) is 25.4. The van der Waals surface area contributed by atoms with E-state index in [1.165, 1.54) is 0 Å². The Hall–Kier alpha value is -0.580. The zero-order valence-corrected chi connectivity index (χ0v) is 10.8. The van der Waals surface area contributed by atoms with E-state index in [1.807, 2.05) is 24.3 Å². The predicted molar refractivity (Wildman–Crippen MR) is 64.9 cm³/mol. The van der Waals surface area contributed by atoms with E-state index < -0.39 is 0 Å². The van der Waals surface area contributed by atoms with Crippen molar-refractivity contribution in [2.45, 2.75) is 6.29 Å². The molecule has 0 unspecified atom stereocenters. The minimum absolute atomic E-state index is 0.235. The molecule has 88 valence electrons. The molecule has 1 saturated heterocycles. The molecular formula is C12H15BrO3. The van der Waals surface area contributed by atoms with Gasteiger partial charge in [0.25, 0.3) is 0 Å². The van der Waals surface area contributed by atoms with Crippen molar-refractivity contribution in [2.24, 2.45) is 5.92 Å². The minimum atomic E-state index is -0.235. The van der Waals surface area contributed by atoms with Gasteiger partial charge in [-0.1, -0.05) is 28.1 Å². The lowest BCUT2D eigenvalue weighted by molar-refractivity contribution is -0.201. The fourth-order valence-corrected chi connectivity index (χ4v) is 1.96. The smallest absolute Gasteiger partial charge is 0.183 e. The largest absolute Gasteiger partial charge is 0.497 e. The Labute approximate surface area is 104 Å². The van der Waals surface area contributed by atoms with Crippen LogP contribution in [0.1, 0.15) is 11.9 Å². The molecule has 1 heterocycles. The highest BCUT2D eigenvalue weighted by molar-refractivity contribution is 9.09. The van der Waals surface area contributed by atoms with Gasteiger partial charge < -0.3 is 14.2 Å². The Morgan fingerprint density at radius 2 is 1.88 bits per heavy atom. The number of hydrogen-bond donors (Lipinski definition) is 0. The van der Waals surface area contributed by atoms with Crippen LogP contribution < -0.4 is 4.74 Å². The van der Waals surface area contributed by atoms with Crippen molar-refractivity contribution in [3.8, 4) is 5.75 Å². The van der Waals surface area contributed by atoms with E-state index >= 15 is 0 Å². The molecule has 1 aromatic carbocycles. The second-order valence-corrected chi connectivity index (χ2v) is 4.44. The summed E-state index contributed by atoms with van der Waals surface area (Å²) in [5.74, 6) is 1.30. The Kier molecular flexibility index (Phi) is 4.21. The molecule has 2 rings (SSSR count). The highest BCUT2D eigenvalue weighted by Gasteiger charge is 2.22. The lowest BCUT2D eigenvalue weighted by atomic mass is 10.1. The van der Waals surface area contributed by atoms with Crippen LogP contribution in [0.4, 0.5) is 0 Å². The lowest BCUT2D eigenvalue weighted by Gasteiger charge is -2.28. The van der Waals surface area contributed by atoms with Crippen molar-refractivity contribution in [1.29, 1.82) is 0 Å². The minimum Gasteiger partial charge on any atom is -0.497 e. The highest BCUT2D eigenvalue weighted by Crippen LogP contribution is 2.26. The summed E-state index contributed by atoms with van der Waals surface area (Å²) in [5, 5.41) is 0.919. The quantitative estimate of drug-likeness (QED) is 0.800. The van der Waals surface area contributed by atoms with E-state index in [2.05, 4.69) is 15.9 Å². The van der Waals surface area contributed by atoms with Gasteiger partial charge >= 0.3 is 0 Å². The van der Waals surface area contributed by atoms with Gasteiger partial charge in [0.05, 0.1) is 20.3 Å². The average Bonchev–Trinajstić information content (AvgIpc) is 2.39. The topological polar surface area (TPSA) is 27.7 Å². The summed E-state index contributed by atoms with van der Waals surface area (Å²) >= 11 is 3.43. The molecule has 0 bridgehead atoms. The zero-order valence-electron chi connectivity index (χ0n) is 9.19. The lowest BCUT2D eigenvalue weighted by Crippen LogP contribution is -2.27. The van der Waals surface area contributed by atoms with Crippen LogP contribution in [0.3, 0.4) is 0 Å². The summed E-state index contributed by atoms with van der Waals surface area (Å²) in [6.45, 7) is 1.48. The molecule has 1 fully saturated rings. The second kappa shape index (κ2) is 5.66. The third kappa shape index (κ3) is 2.75. The maximum Gasteiger partial charge on any atom is 0.183 e. The molecule has 1 aromatic rings. The number of hydrogen-bond acceptors (Lipinski definition) is 3. The van der Waals surface area contributed by atoms with Crippen LogP contribution in [0.2, 0.25) is 0 Å². The van der Waals surface area contributed by atoms with Gasteiger partial charge in [-0.05, 0) is 12.1 Å². The molecule has 0 spiro atoms. The van der Waals surface area contributed by atoms with Crippen LogP contribution in [-0.2, 0) is 9.47 Å². The van der Waals surface area contributed by atoms with Crippen LogP contribution in [-0.4, -0.2) is 25.7 Å². The van der Waals surface area contributed by atoms with Crippen LogP contribution >= 0.6 is 15.9 Å². The number of ether oxygens (including phenoxy) is 3. The fraction of sp³-hybridized carbons (Fsp3) is 0.500. The molecule has 16 heavy (non-hydrogen) atoms. The van der Waals surface area contributed by atoms with Gasteiger partial charge in [-0.15, -0.1) is 0 Å². The molecule has 0 amide bonds. The molecule has 1 aliphatic heterocycles. The summed E-state index contributed by atoms with van der Waals surface area (Å²) in [6.07, 6.45) is -0.235. The molecule has 1 aliphatic rings. The first-order valence-electron chi connectivity index (χ1n) is 5.26. The number of benzene rings is 1. The Balaban J connectivity index is 1.97. The first-order valence-corrected chi connectivity index (χ1v) is 6.38. The van der Waals surface area contributed by atoms with Crippen LogP contribution in [0.5, 0.6) is 5.75 Å². The SMILES string of the molecule is COc1ccc(C2OCC(CBr)CO2)cc1. The third-order valence-corrected chi connectivity index (χ3v) is 3.49. The molecule has 0 aliphatic carbocycles. The summed E-state index contributed by atoms with van der Waals surface area (Å²) in [4.78, 5) is 0. The second-order valence-electron chi connectivity index (χ2n) is 3.79. The summed E-state index contributed by atoms with van der Waals surface area (Å²) in [5.41, 5.74) is 1.04. The molecule has 3 nitrogen and oxygen atoms in total. The zero-order chi connectivity index (χ0) is 11.4. The van der Waals surface area contributed by atoms with Crippen molar-refractivity contribution < 1.29 is 14.2 Å². The van der Waals surface area contributed by atoms with Crippen LogP contribution in [0.15, 0.2) is 24.3 Å². The Bertz CT molecular complexity index is 318. The van der Waals surface area contributed by atoms with Gasteiger partial charge in [-0.25, -0.2) is 0 Å². The maximum atomic E-state index is 5.65. The third-order valence-electron chi connectivity index (χ3n) is 2.57. The van der Waals surface area contributed by atoms with Gasteiger partial charge in [-0.2, -0.15) is 0 Å². The van der Waals surface area contributed by atoms with Gasteiger partial charge in [0.1, 0.15) is 5.75 Å². The molecule has 0 radical (unpaired) electrons. The van der Waals surface area contributed by atoms with E-state index in [0.717, 1.165) is 29.9 Å². The van der Waals surface area contributed by atoms with E-state index in [9.17, 15) is 0 Å². The van der Waals surface area contributed by atoms with E-state index in [-0.39, 0.29) is 6.29 Å². The number of alkyl halides is 1. The van der Waals surface area contributed by atoms with Crippen molar-refractivity contribution in [1.82, 2.24) is 0 Å². The molecule has 0 N–H and O–H groups in total. The van der Waals surface area contributed by atoms with Crippen molar-refractivity contribution >= 4 is 15.9 Å². The van der Waals surface area contributed by atoms with Gasteiger partial charge in [-0.3, -0.25) is 0 Å². The van der Waals surface area contributed by atoms with Crippen LogP contribution in [0, 0.1) is 5.92 Å². The monoisotopic (exact) mass is 286 g/mol. The van der Waals surface area contributed by atoms with Crippen molar-refractivity contribution in [3.63, 3.8) is 0 Å². The van der Waals surface area contributed by atoms with Gasteiger partial charge in [0, 0.05) is 16.8 Å². The van der Waals surface area contributed by atoms with E-state index in [1.54, 1.807) is 7.11 Å². The summed E-state index contributed by atoms with van der Waals surface area (Å²) in [7, 11) is 1.66. The van der Waals surface area contributed by atoms with Crippen molar-refractivity contribution in [2.75, 3.05) is 25.7 Å². The average molecular weight is 287 g/mol. The van der Waals surface area contributed by atoms with Crippen LogP contribution in [0.25, 0.3) is 0 Å². The Morgan fingerprint density at radius 1 is 1.25 bits per heavy atom. The number of methoxy groups -OCH3 is 1. The summed E-state index contributed by atoms with van der Waals surface area (Å²) in [6, 6.07) is 7.77. The fourth-order valence-electron chi connectivity index (χ4n) is 1.59. The highest BCUT2D eigenvalue weighted by atomic mass is 79.9. The Morgan fingerprint density at radius 3 is 2.38 bits per heavy atom. The maximum absolute atomic E-state index is 5.65. The van der Waals surface area contributed by atoms with E-state index in [4.69, 9.17) is 14.2 Å². The summed E-state index contributed by atoms with van der Waals surface area (Å²) < 4.78 is 16.4. The van der Waals surface area contributed by atoms with Gasteiger partial charge in [0.2, 0.25) is 0 Å². The number of rotatable bonds is 3. The molecule has 4 heteroatoms.